The predicted molar refractivity (Wildman–Crippen MR) is 124 cm³/mol. The number of nitrogens with zero attached hydrogens (tertiary/aromatic N) is 4. The number of carbonyl (C=O) groups excluding carboxylic acids is 2. The second-order valence-electron chi connectivity index (χ2n) is 7.49. The van der Waals surface area contributed by atoms with Crippen LogP contribution in [0.15, 0.2) is 53.8 Å². The number of aliphatic hydroxyl groups is 1. The van der Waals surface area contributed by atoms with Gasteiger partial charge in [0.25, 0.3) is 5.91 Å². The fourth-order valence-electron chi connectivity index (χ4n) is 4.07. The zero-order valence-electron chi connectivity index (χ0n) is 17.5. The Morgan fingerprint density at radius 1 is 1.00 bits per heavy atom. The smallest absolute Gasteiger partial charge is 0.296 e. The van der Waals surface area contributed by atoms with Gasteiger partial charge in [0.2, 0.25) is 10.9 Å². The molecule has 0 fully saturated rings. The number of aliphatic hydroxyl groups excluding tert-OH is 1. The zero-order chi connectivity index (χ0) is 22.6. The van der Waals surface area contributed by atoms with Crippen molar-refractivity contribution < 1.29 is 14.7 Å². The van der Waals surface area contributed by atoms with Crippen LogP contribution in [0.25, 0.3) is 10.8 Å². The fourth-order valence-corrected chi connectivity index (χ4v) is 5.65. The van der Waals surface area contributed by atoms with E-state index in [1.165, 1.54) is 27.6 Å². The van der Waals surface area contributed by atoms with Crippen molar-refractivity contribution in [3.05, 3.63) is 79.9 Å². The second kappa shape index (κ2) is 7.61. The molecular formula is C23H18N4O3S2. The van der Waals surface area contributed by atoms with Gasteiger partial charge in [-0.1, -0.05) is 53.8 Å². The number of fused-ring (bicyclic) bond motifs is 1. The van der Waals surface area contributed by atoms with Gasteiger partial charge in [-0.05, 0) is 37.1 Å². The summed E-state index contributed by atoms with van der Waals surface area (Å²) in [4.78, 5) is 33.1. The topological polar surface area (TPSA) is 96.3 Å². The molecular weight excluding hydrogens is 444 g/mol. The van der Waals surface area contributed by atoms with Crippen molar-refractivity contribution in [2.75, 3.05) is 4.90 Å². The minimum atomic E-state index is -0.838. The molecule has 7 nitrogen and oxygen atoms in total. The lowest BCUT2D eigenvalue weighted by atomic mass is 9.91. The van der Waals surface area contributed by atoms with Gasteiger partial charge in [0.05, 0.1) is 27.2 Å². The summed E-state index contributed by atoms with van der Waals surface area (Å²) in [5, 5.41) is 22.7. The van der Waals surface area contributed by atoms with Gasteiger partial charge < -0.3 is 5.11 Å². The molecule has 1 atom stereocenters. The lowest BCUT2D eigenvalue weighted by Crippen LogP contribution is -2.31. The van der Waals surface area contributed by atoms with E-state index in [0.29, 0.717) is 20.7 Å². The van der Waals surface area contributed by atoms with Crippen LogP contribution in [-0.4, -0.2) is 32.0 Å². The first-order chi connectivity index (χ1) is 15.4. The maximum absolute atomic E-state index is 13.7. The Kier molecular flexibility index (Phi) is 4.87. The molecule has 1 unspecified atom stereocenters. The van der Waals surface area contributed by atoms with Crippen molar-refractivity contribution in [3.63, 3.8) is 0 Å². The number of thiazole rings is 1. The van der Waals surface area contributed by atoms with Gasteiger partial charge in [0, 0.05) is 0 Å². The third kappa shape index (κ3) is 3.12. The maximum Gasteiger partial charge on any atom is 0.296 e. The highest BCUT2D eigenvalue weighted by molar-refractivity contribution is 7.15. The second-order valence-corrected chi connectivity index (χ2v) is 9.85. The standard InChI is InChI=1S/C23H18N4O3S2/c1-11-21(31-12(2)24-11)19(28)17-18(16-10-6-8-14-7-4-5-9-15(14)16)27(22(30)20(17)29)23-26-25-13(3)32-23/h4-10,18,29H,1-3H3. The minimum absolute atomic E-state index is 0.0333. The number of rotatable bonds is 4. The van der Waals surface area contributed by atoms with E-state index < -0.39 is 23.5 Å². The summed E-state index contributed by atoms with van der Waals surface area (Å²) in [7, 11) is 0. The molecule has 160 valence electrons. The number of anilines is 1. The lowest BCUT2D eigenvalue weighted by molar-refractivity contribution is -0.117. The van der Waals surface area contributed by atoms with Crippen molar-refractivity contribution in [1.82, 2.24) is 15.2 Å². The quantitative estimate of drug-likeness (QED) is 0.435. The minimum Gasteiger partial charge on any atom is -0.503 e. The van der Waals surface area contributed by atoms with E-state index in [-0.39, 0.29) is 5.57 Å². The van der Waals surface area contributed by atoms with Crippen molar-refractivity contribution in [2.24, 2.45) is 0 Å². The van der Waals surface area contributed by atoms with Crippen LogP contribution >= 0.6 is 22.7 Å². The number of aromatic nitrogens is 3. The molecule has 0 aliphatic carbocycles. The van der Waals surface area contributed by atoms with Crippen LogP contribution < -0.4 is 4.90 Å². The summed E-state index contributed by atoms with van der Waals surface area (Å²) >= 11 is 2.49. The summed E-state index contributed by atoms with van der Waals surface area (Å²) in [6.07, 6.45) is 0. The average Bonchev–Trinajstić information content (AvgIpc) is 3.43. The van der Waals surface area contributed by atoms with Crippen LogP contribution in [-0.2, 0) is 4.79 Å². The molecule has 0 radical (unpaired) electrons. The van der Waals surface area contributed by atoms with Crippen LogP contribution in [0.4, 0.5) is 5.13 Å². The molecule has 4 aromatic rings. The van der Waals surface area contributed by atoms with Crippen LogP contribution in [0.2, 0.25) is 0 Å². The van der Waals surface area contributed by atoms with E-state index in [0.717, 1.165) is 21.3 Å². The molecule has 9 heteroatoms. The van der Waals surface area contributed by atoms with Crippen molar-refractivity contribution >= 4 is 50.3 Å². The molecule has 0 saturated heterocycles. The largest absolute Gasteiger partial charge is 0.503 e. The predicted octanol–water partition coefficient (Wildman–Crippen LogP) is 4.86. The number of hydrogen-bond donors (Lipinski definition) is 1. The van der Waals surface area contributed by atoms with Crippen molar-refractivity contribution in [3.8, 4) is 0 Å². The Bertz CT molecular complexity index is 1430. The molecule has 1 aliphatic rings. The summed E-state index contributed by atoms with van der Waals surface area (Å²) in [6, 6.07) is 12.6. The van der Waals surface area contributed by atoms with Gasteiger partial charge in [-0.3, -0.25) is 14.5 Å². The SMILES string of the molecule is Cc1nnc(N2C(=O)C(O)=C(C(=O)c3sc(C)nc3C)C2c2cccc3ccccc23)s1. The average molecular weight is 463 g/mol. The maximum atomic E-state index is 13.7. The summed E-state index contributed by atoms with van der Waals surface area (Å²) in [5.74, 6) is -1.63. The van der Waals surface area contributed by atoms with Gasteiger partial charge in [-0.15, -0.1) is 21.5 Å². The summed E-state index contributed by atoms with van der Waals surface area (Å²) < 4.78 is 0. The highest BCUT2D eigenvalue weighted by Gasteiger charge is 2.47. The number of aryl methyl sites for hydroxylation is 3. The molecule has 0 saturated carbocycles. The van der Waals surface area contributed by atoms with Crippen LogP contribution in [0, 0.1) is 20.8 Å². The van der Waals surface area contributed by atoms with Crippen LogP contribution in [0.5, 0.6) is 0 Å². The molecule has 2 aromatic heterocycles. The first-order valence-electron chi connectivity index (χ1n) is 9.90. The Balaban J connectivity index is 1.76. The lowest BCUT2D eigenvalue weighted by Gasteiger charge is -2.25. The molecule has 3 heterocycles. The molecule has 32 heavy (non-hydrogen) atoms. The fraction of sp³-hybridized carbons (Fsp3) is 0.174. The van der Waals surface area contributed by atoms with Gasteiger partial charge in [-0.25, -0.2) is 4.98 Å². The first kappa shape index (κ1) is 20.5. The number of hydrogen-bond acceptors (Lipinski definition) is 8. The van der Waals surface area contributed by atoms with E-state index in [2.05, 4.69) is 15.2 Å². The molecule has 0 spiro atoms. The Labute approximate surface area is 191 Å². The highest BCUT2D eigenvalue weighted by Crippen LogP contribution is 2.45. The van der Waals surface area contributed by atoms with Crippen LogP contribution in [0.1, 0.15) is 37.0 Å². The number of carbonyl (C=O) groups is 2. The van der Waals surface area contributed by atoms with E-state index in [1.54, 1.807) is 13.8 Å². The van der Waals surface area contributed by atoms with E-state index >= 15 is 0 Å². The number of Topliss-reactive ketones (excluding diaryl/α,β-unsaturated/α-hetero) is 1. The van der Waals surface area contributed by atoms with Crippen LogP contribution in [0.3, 0.4) is 0 Å². The number of ketones is 1. The monoisotopic (exact) mass is 462 g/mol. The first-order valence-corrected chi connectivity index (χ1v) is 11.5. The summed E-state index contributed by atoms with van der Waals surface area (Å²) in [5.41, 5.74) is 1.34. The Hall–Kier alpha value is -3.43. The molecule has 1 N–H and O–H groups in total. The van der Waals surface area contributed by atoms with Crippen molar-refractivity contribution in [2.45, 2.75) is 26.8 Å². The highest BCUT2D eigenvalue weighted by atomic mass is 32.1. The van der Waals surface area contributed by atoms with Gasteiger partial charge in [0.15, 0.2) is 5.76 Å². The molecule has 1 aliphatic heterocycles. The van der Waals surface area contributed by atoms with Gasteiger partial charge in [0.1, 0.15) is 5.01 Å². The van der Waals surface area contributed by atoms with E-state index in [4.69, 9.17) is 0 Å². The van der Waals surface area contributed by atoms with E-state index in [1.807, 2.05) is 49.4 Å². The van der Waals surface area contributed by atoms with Gasteiger partial charge >= 0.3 is 0 Å². The molecule has 2 aromatic carbocycles. The molecule has 0 bridgehead atoms. The summed E-state index contributed by atoms with van der Waals surface area (Å²) in [6.45, 7) is 5.36. The number of amides is 1. The molecule has 5 rings (SSSR count). The Morgan fingerprint density at radius 2 is 1.75 bits per heavy atom. The normalized spacial score (nSPS) is 16.4. The Morgan fingerprint density at radius 3 is 2.44 bits per heavy atom. The zero-order valence-corrected chi connectivity index (χ0v) is 19.1. The van der Waals surface area contributed by atoms with Gasteiger partial charge in [-0.2, -0.15) is 0 Å². The third-order valence-corrected chi connectivity index (χ3v) is 7.31. The third-order valence-electron chi connectivity index (χ3n) is 5.40. The number of benzene rings is 2. The van der Waals surface area contributed by atoms with Crippen molar-refractivity contribution in [1.29, 1.82) is 0 Å². The van der Waals surface area contributed by atoms with E-state index in [9.17, 15) is 14.7 Å². The molecule has 1 amide bonds.